The Morgan fingerprint density at radius 3 is 2.66 bits per heavy atom. The van der Waals surface area contributed by atoms with Crippen LogP contribution in [0.3, 0.4) is 0 Å². The average Bonchev–Trinajstić information content (AvgIpc) is 3.34. The summed E-state index contributed by atoms with van der Waals surface area (Å²) < 4.78 is 21.2. The topological polar surface area (TPSA) is 84.1 Å². The van der Waals surface area contributed by atoms with Crippen LogP contribution in [0.2, 0.25) is 0 Å². The minimum Gasteiger partial charge on any atom is -0.478 e. The molecule has 0 spiro atoms. The molecule has 1 amide bonds. The number of aromatic carboxylic acids is 1. The van der Waals surface area contributed by atoms with Gasteiger partial charge in [-0.25, -0.2) is 19.0 Å². The first-order chi connectivity index (χ1) is 15.0. The lowest BCUT2D eigenvalue weighted by Crippen LogP contribution is -2.35. The van der Waals surface area contributed by atoms with Crippen molar-refractivity contribution in [3.05, 3.63) is 59.4 Å². The van der Waals surface area contributed by atoms with Gasteiger partial charge in [0.15, 0.2) is 0 Å². The molecule has 32 heavy (non-hydrogen) atoms. The number of ether oxygens (including phenoxy) is 1. The van der Waals surface area contributed by atoms with E-state index in [9.17, 15) is 19.1 Å². The van der Waals surface area contributed by atoms with Gasteiger partial charge >= 0.3 is 12.1 Å². The maximum absolute atomic E-state index is 13.8. The van der Waals surface area contributed by atoms with Gasteiger partial charge in [0.25, 0.3) is 0 Å². The van der Waals surface area contributed by atoms with E-state index in [1.807, 2.05) is 44.4 Å². The van der Waals surface area contributed by atoms with Crippen LogP contribution in [0.1, 0.15) is 54.9 Å². The lowest BCUT2D eigenvalue weighted by molar-refractivity contribution is 0.0292. The van der Waals surface area contributed by atoms with E-state index in [1.165, 1.54) is 12.1 Å². The Bertz CT molecular complexity index is 1210. The van der Waals surface area contributed by atoms with Crippen LogP contribution < -0.4 is 0 Å². The van der Waals surface area contributed by atoms with Crippen LogP contribution in [0.4, 0.5) is 9.18 Å². The van der Waals surface area contributed by atoms with E-state index in [-0.39, 0.29) is 17.6 Å². The summed E-state index contributed by atoms with van der Waals surface area (Å²) in [5.41, 5.74) is 2.11. The number of halogens is 1. The summed E-state index contributed by atoms with van der Waals surface area (Å²) >= 11 is 0. The molecule has 0 radical (unpaired) electrons. The molecular weight excluding hydrogens is 413 g/mol. The third-order valence-corrected chi connectivity index (χ3v) is 5.66. The zero-order valence-electron chi connectivity index (χ0n) is 18.6. The number of carboxylic acid groups (broad SMARTS) is 1. The Labute approximate surface area is 185 Å². The van der Waals surface area contributed by atoms with Crippen molar-refractivity contribution in [1.29, 1.82) is 0 Å². The highest BCUT2D eigenvalue weighted by molar-refractivity contribution is 5.98. The van der Waals surface area contributed by atoms with E-state index in [0.717, 1.165) is 29.4 Å². The molecule has 168 valence electrons. The molecule has 7 nitrogen and oxygen atoms in total. The maximum atomic E-state index is 13.8. The third kappa shape index (κ3) is 4.17. The number of aryl methyl sites for hydroxylation is 1. The molecule has 2 aromatic heterocycles. The average molecular weight is 439 g/mol. The Morgan fingerprint density at radius 2 is 1.97 bits per heavy atom. The third-order valence-electron chi connectivity index (χ3n) is 5.66. The van der Waals surface area contributed by atoms with Gasteiger partial charge in [0.1, 0.15) is 17.2 Å². The van der Waals surface area contributed by atoms with Gasteiger partial charge in [0.05, 0.1) is 17.3 Å². The summed E-state index contributed by atoms with van der Waals surface area (Å²) in [6, 6.07) is 5.71. The van der Waals surface area contributed by atoms with E-state index < -0.39 is 17.4 Å². The molecule has 0 saturated carbocycles. The Kier molecular flexibility index (Phi) is 5.40. The summed E-state index contributed by atoms with van der Waals surface area (Å²) in [5, 5.41) is 9.65. The van der Waals surface area contributed by atoms with Gasteiger partial charge in [-0.05, 0) is 63.4 Å². The molecular formula is C24H26FN3O4. The van der Waals surface area contributed by atoms with Gasteiger partial charge < -0.3 is 19.1 Å². The predicted molar refractivity (Wildman–Crippen MR) is 117 cm³/mol. The molecule has 1 N–H and O–H groups in total. The van der Waals surface area contributed by atoms with E-state index in [0.29, 0.717) is 24.2 Å². The fourth-order valence-electron chi connectivity index (χ4n) is 4.13. The number of carbonyl (C=O) groups excluding carboxylic acids is 1. The van der Waals surface area contributed by atoms with E-state index in [2.05, 4.69) is 4.98 Å². The van der Waals surface area contributed by atoms with Crippen LogP contribution in [0.5, 0.6) is 0 Å². The summed E-state index contributed by atoms with van der Waals surface area (Å²) in [7, 11) is 0. The second-order valence-corrected chi connectivity index (χ2v) is 9.15. The van der Waals surface area contributed by atoms with Crippen molar-refractivity contribution in [2.24, 2.45) is 0 Å². The van der Waals surface area contributed by atoms with Gasteiger partial charge in [0.2, 0.25) is 0 Å². The SMILES string of the molecule is Cc1ncc2c(-c3ccc(F)cc3C(=O)O)cc([C@@H]3CCN(C(=O)OC(C)(C)C)C3)cn12. The number of amides is 1. The molecule has 0 unspecified atom stereocenters. The van der Waals surface area contributed by atoms with Crippen LogP contribution in [0.15, 0.2) is 36.7 Å². The number of fused-ring (bicyclic) bond motifs is 1. The lowest BCUT2D eigenvalue weighted by atomic mass is 9.93. The zero-order chi connectivity index (χ0) is 23.2. The summed E-state index contributed by atoms with van der Waals surface area (Å²) in [6.07, 6.45) is 4.08. The highest BCUT2D eigenvalue weighted by Crippen LogP contribution is 2.35. The number of carbonyl (C=O) groups is 2. The van der Waals surface area contributed by atoms with Crippen LogP contribution in [-0.4, -0.2) is 50.1 Å². The monoisotopic (exact) mass is 439 g/mol. The van der Waals surface area contributed by atoms with Crippen molar-refractivity contribution < 1.29 is 23.8 Å². The minimum absolute atomic E-state index is 0.0567. The summed E-state index contributed by atoms with van der Waals surface area (Å²) in [4.78, 5) is 30.4. The Balaban J connectivity index is 1.75. The summed E-state index contributed by atoms with van der Waals surface area (Å²) in [6.45, 7) is 8.45. The molecule has 8 heteroatoms. The van der Waals surface area contributed by atoms with Crippen LogP contribution in [-0.2, 0) is 4.74 Å². The van der Waals surface area contributed by atoms with Gasteiger partial charge in [-0.1, -0.05) is 6.07 Å². The number of imidazole rings is 1. The number of hydrogen-bond donors (Lipinski definition) is 1. The van der Waals surface area contributed by atoms with Gasteiger partial charge in [0, 0.05) is 30.8 Å². The van der Waals surface area contributed by atoms with Crippen molar-refractivity contribution in [1.82, 2.24) is 14.3 Å². The van der Waals surface area contributed by atoms with Crippen molar-refractivity contribution in [3.63, 3.8) is 0 Å². The van der Waals surface area contributed by atoms with Gasteiger partial charge in [-0.15, -0.1) is 0 Å². The van der Waals surface area contributed by atoms with Gasteiger partial charge in [-0.2, -0.15) is 0 Å². The number of pyridine rings is 1. The molecule has 1 aromatic carbocycles. The Morgan fingerprint density at radius 1 is 1.22 bits per heavy atom. The second kappa shape index (κ2) is 7.93. The number of rotatable bonds is 3. The maximum Gasteiger partial charge on any atom is 0.410 e. The molecule has 3 aromatic rings. The molecule has 4 rings (SSSR count). The van der Waals surface area contributed by atoms with Crippen LogP contribution in [0, 0.1) is 12.7 Å². The Hall–Kier alpha value is -3.42. The first kappa shape index (κ1) is 21.8. The zero-order valence-corrected chi connectivity index (χ0v) is 18.6. The first-order valence-corrected chi connectivity index (χ1v) is 10.5. The lowest BCUT2D eigenvalue weighted by Gasteiger charge is -2.24. The smallest absolute Gasteiger partial charge is 0.410 e. The minimum atomic E-state index is -1.20. The van der Waals surface area contributed by atoms with Crippen LogP contribution >= 0.6 is 0 Å². The second-order valence-electron chi connectivity index (χ2n) is 9.15. The molecule has 1 aliphatic rings. The van der Waals surface area contributed by atoms with E-state index >= 15 is 0 Å². The quantitative estimate of drug-likeness (QED) is 0.629. The van der Waals surface area contributed by atoms with Crippen molar-refractivity contribution >= 4 is 17.6 Å². The molecule has 1 fully saturated rings. The number of likely N-dealkylation sites (tertiary alicyclic amines) is 1. The molecule has 0 aliphatic carbocycles. The largest absolute Gasteiger partial charge is 0.478 e. The van der Waals surface area contributed by atoms with Crippen molar-refractivity contribution in [2.45, 2.75) is 45.6 Å². The fraction of sp³-hybridized carbons (Fsp3) is 0.375. The van der Waals surface area contributed by atoms with E-state index in [4.69, 9.17) is 4.74 Å². The first-order valence-electron chi connectivity index (χ1n) is 10.5. The van der Waals surface area contributed by atoms with Crippen LogP contribution in [0.25, 0.3) is 16.6 Å². The summed E-state index contributed by atoms with van der Waals surface area (Å²) in [5.74, 6) is -0.992. The fourth-order valence-corrected chi connectivity index (χ4v) is 4.13. The number of aromatic nitrogens is 2. The number of nitrogens with zero attached hydrogens (tertiary/aromatic N) is 3. The normalized spacial score (nSPS) is 16.5. The predicted octanol–water partition coefficient (Wildman–Crippen LogP) is 4.87. The molecule has 0 bridgehead atoms. The van der Waals surface area contributed by atoms with Crippen molar-refractivity contribution in [2.75, 3.05) is 13.1 Å². The van der Waals surface area contributed by atoms with Crippen molar-refractivity contribution in [3.8, 4) is 11.1 Å². The molecule has 1 atom stereocenters. The number of carboxylic acids is 1. The highest BCUT2D eigenvalue weighted by Gasteiger charge is 2.31. The highest BCUT2D eigenvalue weighted by atomic mass is 19.1. The number of benzene rings is 1. The molecule has 3 heterocycles. The molecule has 1 aliphatic heterocycles. The standard InChI is InChI=1S/C24H26FN3O4/c1-14-26-11-21-19(18-6-5-17(25)10-20(18)22(29)30)9-16(13-28(14)21)15-7-8-27(12-15)23(31)32-24(2,3)4/h5-6,9-11,13,15H,7-8,12H2,1-4H3,(H,29,30)/t15-/m1/s1. The number of hydrogen-bond acceptors (Lipinski definition) is 4. The molecule has 1 saturated heterocycles. The van der Waals surface area contributed by atoms with Gasteiger partial charge in [-0.3, -0.25) is 0 Å². The van der Waals surface area contributed by atoms with E-state index in [1.54, 1.807) is 11.1 Å².